The highest BCUT2D eigenvalue weighted by Crippen LogP contribution is 2.03. The second-order valence-corrected chi connectivity index (χ2v) is 4.56. The molecule has 4 heteroatoms. The number of urea groups is 1. The number of rotatable bonds is 6. The minimum atomic E-state index is -0.0794. The van der Waals surface area contributed by atoms with Gasteiger partial charge in [0.25, 0.3) is 0 Å². The van der Waals surface area contributed by atoms with Crippen molar-refractivity contribution in [3.8, 4) is 0 Å². The number of amides is 2. The zero-order valence-corrected chi connectivity index (χ0v) is 11.1. The van der Waals surface area contributed by atoms with E-state index in [0.717, 1.165) is 12.0 Å². The summed E-state index contributed by atoms with van der Waals surface area (Å²) in [6.45, 7) is 2.71. The van der Waals surface area contributed by atoms with Gasteiger partial charge in [-0.05, 0) is 25.3 Å². The smallest absolute Gasteiger partial charge is 0.317 e. The summed E-state index contributed by atoms with van der Waals surface area (Å²) in [6.07, 6.45) is 1.51. The highest BCUT2D eigenvalue weighted by molar-refractivity contribution is 5.74. The molecule has 100 valence electrons. The van der Waals surface area contributed by atoms with Crippen molar-refractivity contribution in [2.24, 2.45) is 0 Å². The first-order valence-corrected chi connectivity index (χ1v) is 6.30. The van der Waals surface area contributed by atoms with E-state index in [1.165, 1.54) is 0 Å². The Kier molecular flexibility index (Phi) is 6.22. The highest BCUT2D eigenvalue weighted by atomic mass is 16.3. The van der Waals surface area contributed by atoms with Crippen LogP contribution >= 0.6 is 0 Å². The number of carbonyl (C=O) groups excluding carboxylic acids is 1. The molecular formula is C14H22N2O2. The molecule has 0 saturated heterocycles. The molecule has 0 aliphatic heterocycles. The van der Waals surface area contributed by atoms with E-state index in [1.807, 2.05) is 37.3 Å². The number of aliphatic hydroxyl groups is 1. The van der Waals surface area contributed by atoms with Crippen LogP contribution in [0.3, 0.4) is 0 Å². The molecule has 2 N–H and O–H groups in total. The van der Waals surface area contributed by atoms with Crippen LogP contribution in [0.15, 0.2) is 30.3 Å². The molecule has 4 nitrogen and oxygen atoms in total. The van der Waals surface area contributed by atoms with E-state index in [0.29, 0.717) is 13.0 Å². The summed E-state index contributed by atoms with van der Waals surface area (Å²) in [5, 5.41) is 11.6. The van der Waals surface area contributed by atoms with Gasteiger partial charge in [0, 0.05) is 26.2 Å². The monoisotopic (exact) mass is 250 g/mol. The minimum Gasteiger partial charge on any atom is -0.396 e. The maximum atomic E-state index is 11.9. The quantitative estimate of drug-likeness (QED) is 0.811. The van der Waals surface area contributed by atoms with Gasteiger partial charge < -0.3 is 15.3 Å². The van der Waals surface area contributed by atoms with Crippen LogP contribution in [0.25, 0.3) is 0 Å². The zero-order chi connectivity index (χ0) is 13.4. The van der Waals surface area contributed by atoms with E-state index in [2.05, 4.69) is 5.32 Å². The molecule has 0 aliphatic rings. The summed E-state index contributed by atoms with van der Waals surface area (Å²) >= 11 is 0. The third kappa shape index (κ3) is 5.19. The molecule has 0 aliphatic carbocycles. The van der Waals surface area contributed by atoms with Crippen molar-refractivity contribution in [1.82, 2.24) is 10.2 Å². The number of hydrogen-bond acceptors (Lipinski definition) is 2. The standard InChI is InChI=1S/C14H22N2O2/c1-12(7-6-10-17)15-14(18)16(2)11-13-8-4-3-5-9-13/h3-5,8-9,12,17H,6-7,10-11H2,1-2H3,(H,15,18). The van der Waals surface area contributed by atoms with Crippen molar-refractivity contribution in [2.45, 2.75) is 32.4 Å². The van der Waals surface area contributed by atoms with Gasteiger partial charge in [0.05, 0.1) is 0 Å². The van der Waals surface area contributed by atoms with Gasteiger partial charge in [0.2, 0.25) is 0 Å². The van der Waals surface area contributed by atoms with E-state index in [-0.39, 0.29) is 18.7 Å². The van der Waals surface area contributed by atoms with Crippen LogP contribution in [0, 0.1) is 0 Å². The Hall–Kier alpha value is -1.55. The van der Waals surface area contributed by atoms with Crippen LogP contribution in [-0.2, 0) is 6.54 Å². The molecule has 1 rings (SSSR count). The Balaban J connectivity index is 2.37. The van der Waals surface area contributed by atoms with Gasteiger partial charge >= 0.3 is 6.03 Å². The van der Waals surface area contributed by atoms with Gasteiger partial charge in [-0.1, -0.05) is 30.3 Å². The number of carbonyl (C=O) groups is 1. The van der Waals surface area contributed by atoms with E-state index in [9.17, 15) is 4.79 Å². The van der Waals surface area contributed by atoms with Crippen LogP contribution in [0.5, 0.6) is 0 Å². The van der Waals surface area contributed by atoms with Crippen LogP contribution in [0.1, 0.15) is 25.3 Å². The summed E-state index contributed by atoms with van der Waals surface area (Å²) in [6, 6.07) is 9.89. The average molecular weight is 250 g/mol. The second kappa shape index (κ2) is 7.71. The molecule has 0 radical (unpaired) electrons. The average Bonchev–Trinajstić information content (AvgIpc) is 2.37. The van der Waals surface area contributed by atoms with E-state index < -0.39 is 0 Å². The topological polar surface area (TPSA) is 52.6 Å². The zero-order valence-electron chi connectivity index (χ0n) is 11.1. The minimum absolute atomic E-state index is 0.0794. The second-order valence-electron chi connectivity index (χ2n) is 4.56. The van der Waals surface area contributed by atoms with Crippen LogP contribution in [-0.4, -0.2) is 35.7 Å². The Morgan fingerprint density at radius 3 is 2.67 bits per heavy atom. The van der Waals surface area contributed by atoms with Crippen molar-refractivity contribution in [3.05, 3.63) is 35.9 Å². The molecule has 0 saturated carbocycles. The molecule has 1 aromatic carbocycles. The Morgan fingerprint density at radius 2 is 2.06 bits per heavy atom. The molecule has 1 aromatic rings. The molecule has 1 unspecified atom stereocenters. The van der Waals surface area contributed by atoms with Crippen molar-refractivity contribution in [3.63, 3.8) is 0 Å². The van der Waals surface area contributed by atoms with Crippen molar-refractivity contribution in [2.75, 3.05) is 13.7 Å². The lowest BCUT2D eigenvalue weighted by Gasteiger charge is -2.21. The van der Waals surface area contributed by atoms with Gasteiger partial charge in [0.15, 0.2) is 0 Å². The van der Waals surface area contributed by atoms with Crippen LogP contribution < -0.4 is 5.32 Å². The van der Waals surface area contributed by atoms with E-state index in [1.54, 1.807) is 11.9 Å². The number of aliphatic hydroxyl groups excluding tert-OH is 1. The van der Waals surface area contributed by atoms with Gasteiger partial charge in [-0.15, -0.1) is 0 Å². The SMILES string of the molecule is CC(CCCO)NC(=O)N(C)Cc1ccccc1. The molecular weight excluding hydrogens is 228 g/mol. The molecule has 2 amide bonds. The normalized spacial score (nSPS) is 11.9. The fraction of sp³-hybridized carbons (Fsp3) is 0.500. The molecule has 0 bridgehead atoms. The predicted octanol–water partition coefficient (Wildman–Crippen LogP) is 1.99. The fourth-order valence-corrected chi connectivity index (χ4v) is 1.72. The number of benzene rings is 1. The fourth-order valence-electron chi connectivity index (χ4n) is 1.72. The van der Waals surface area contributed by atoms with Crippen LogP contribution in [0.2, 0.25) is 0 Å². The maximum absolute atomic E-state index is 11.9. The molecule has 0 heterocycles. The molecule has 1 atom stereocenters. The van der Waals surface area contributed by atoms with Gasteiger partial charge in [-0.2, -0.15) is 0 Å². The van der Waals surface area contributed by atoms with E-state index >= 15 is 0 Å². The summed E-state index contributed by atoms with van der Waals surface area (Å²) in [5.41, 5.74) is 1.11. The first-order valence-electron chi connectivity index (χ1n) is 6.30. The van der Waals surface area contributed by atoms with Gasteiger partial charge in [-0.25, -0.2) is 4.79 Å². The van der Waals surface area contributed by atoms with Crippen molar-refractivity contribution >= 4 is 6.03 Å². The van der Waals surface area contributed by atoms with Crippen molar-refractivity contribution < 1.29 is 9.90 Å². The molecule has 0 spiro atoms. The molecule has 18 heavy (non-hydrogen) atoms. The summed E-state index contributed by atoms with van der Waals surface area (Å²) in [4.78, 5) is 13.5. The predicted molar refractivity (Wildman–Crippen MR) is 72.2 cm³/mol. The van der Waals surface area contributed by atoms with Gasteiger partial charge in [0.1, 0.15) is 0 Å². The largest absolute Gasteiger partial charge is 0.396 e. The third-order valence-electron chi connectivity index (χ3n) is 2.77. The number of nitrogens with one attached hydrogen (secondary N) is 1. The lowest BCUT2D eigenvalue weighted by molar-refractivity contribution is 0.201. The third-order valence-corrected chi connectivity index (χ3v) is 2.77. The summed E-state index contributed by atoms with van der Waals surface area (Å²) in [5.74, 6) is 0. The Bertz CT molecular complexity index is 354. The lowest BCUT2D eigenvalue weighted by atomic mass is 10.2. The van der Waals surface area contributed by atoms with Gasteiger partial charge in [-0.3, -0.25) is 0 Å². The summed E-state index contributed by atoms with van der Waals surface area (Å²) in [7, 11) is 1.78. The maximum Gasteiger partial charge on any atom is 0.317 e. The number of hydrogen-bond donors (Lipinski definition) is 2. The Morgan fingerprint density at radius 1 is 1.39 bits per heavy atom. The van der Waals surface area contributed by atoms with Crippen LogP contribution in [0.4, 0.5) is 4.79 Å². The molecule has 0 fully saturated rings. The highest BCUT2D eigenvalue weighted by Gasteiger charge is 2.11. The lowest BCUT2D eigenvalue weighted by Crippen LogP contribution is -2.41. The Labute approximate surface area is 109 Å². The first kappa shape index (κ1) is 14.5. The first-order chi connectivity index (χ1) is 8.63. The van der Waals surface area contributed by atoms with E-state index in [4.69, 9.17) is 5.11 Å². The number of nitrogens with zero attached hydrogens (tertiary/aromatic N) is 1. The van der Waals surface area contributed by atoms with Crippen molar-refractivity contribution in [1.29, 1.82) is 0 Å². The molecule has 0 aromatic heterocycles. The summed E-state index contributed by atoms with van der Waals surface area (Å²) < 4.78 is 0.